The van der Waals surface area contributed by atoms with Crippen LogP contribution in [0.4, 0.5) is 11.8 Å². The summed E-state index contributed by atoms with van der Waals surface area (Å²) in [5.74, 6) is 2.15. The van der Waals surface area contributed by atoms with Gasteiger partial charge in [-0.3, -0.25) is 0 Å². The minimum Gasteiger partial charge on any atom is -0.368 e. The number of piperidine rings is 1. The Morgan fingerprint density at radius 3 is 2.81 bits per heavy atom. The Balaban J connectivity index is 2.10. The lowest BCUT2D eigenvalue weighted by molar-refractivity contribution is 0.393. The van der Waals surface area contributed by atoms with Crippen LogP contribution in [-0.2, 0) is 0 Å². The number of anilines is 2. The first-order chi connectivity index (χ1) is 7.70. The highest BCUT2D eigenvalue weighted by Crippen LogP contribution is 2.28. The van der Waals surface area contributed by atoms with Gasteiger partial charge in [0.25, 0.3) is 0 Å². The molecule has 0 aromatic carbocycles. The predicted octanol–water partition coefficient (Wildman–Crippen LogP) is 2.45. The fourth-order valence-electron chi connectivity index (χ4n) is 2.15. The van der Waals surface area contributed by atoms with Crippen molar-refractivity contribution in [2.24, 2.45) is 5.92 Å². The summed E-state index contributed by atoms with van der Waals surface area (Å²) >= 11 is 3.48. The molecule has 88 valence electrons. The molecule has 0 spiro atoms. The number of nitrogens with two attached hydrogens (primary N) is 1. The van der Waals surface area contributed by atoms with Crippen molar-refractivity contribution in [2.45, 2.75) is 26.2 Å². The Morgan fingerprint density at radius 2 is 2.19 bits per heavy atom. The summed E-state index contributed by atoms with van der Waals surface area (Å²) < 4.78 is 0.927. The largest absolute Gasteiger partial charge is 0.368 e. The van der Waals surface area contributed by atoms with Gasteiger partial charge in [0.2, 0.25) is 5.95 Å². The van der Waals surface area contributed by atoms with Crippen molar-refractivity contribution < 1.29 is 0 Å². The molecule has 1 aromatic heterocycles. The number of rotatable bonds is 2. The van der Waals surface area contributed by atoms with E-state index in [1.807, 2.05) is 0 Å². The summed E-state index contributed by atoms with van der Waals surface area (Å²) in [6, 6.07) is 0. The van der Waals surface area contributed by atoms with Gasteiger partial charge in [-0.15, -0.1) is 0 Å². The lowest BCUT2D eigenvalue weighted by Gasteiger charge is -2.32. The van der Waals surface area contributed by atoms with E-state index in [1.54, 1.807) is 6.20 Å². The average Bonchev–Trinajstić information content (AvgIpc) is 2.32. The smallest absolute Gasteiger partial charge is 0.222 e. The number of hydrogen-bond donors (Lipinski definition) is 1. The highest BCUT2D eigenvalue weighted by Gasteiger charge is 2.20. The van der Waals surface area contributed by atoms with Crippen LogP contribution in [0.5, 0.6) is 0 Å². The third-order valence-corrected chi connectivity index (χ3v) is 3.80. The van der Waals surface area contributed by atoms with Crippen LogP contribution in [-0.4, -0.2) is 23.1 Å². The topological polar surface area (TPSA) is 55.0 Å². The number of halogens is 1. The van der Waals surface area contributed by atoms with Crippen molar-refractivity contribution in [3.05, 3.63) is 10.7 Å². The highest BCUT2D eigenvalue weighted by atomic mass is 79.9. The van der Waals surface area contributed by atoms with Crippen molar-refractivity contribution in [2.75, 3.05) is 23.7 Å². The number of nitrogens with zero attached hydrogens (tertiary/aromatic N) is 3. The summed E-state index contributed by atoms with van der Waals surface area (Å²) in [5.41, 5.74) is 5.62. The van der Waals surface area contributed by atoms with E-state index >= 15 is 0 Å². The molecule has 0 saturated carbocycles. The summed E-state index contributed by atoms with van der Waals surface area (Å²) in [6.07, 6.45) is 5.49. The third-order valence-electron chi connectivity index (χ3n) is 3.24. The van der Waals surface area contributed by atoms with Gasteiger partial charge in [0.15, 0.2) is 0 Å². The van der Waals surface area contributed by atoms with E-state index < -0.39 is 0 Å². The van der Waals surface area contributed by atoms with Crippen molar-refractivity contribution >= 4 is 27.7 Å². The van der Waals surface area contributed by atoms with E-state index in [-0.39, 0.29) is 0 Å². The van der Waals surface area contributed by atoms with Gasteiger partial charge in [-0.05, 0) is 34.7 Å². The van der Waals surface area contributed by atoms with Crippen LogP contribution in [0.2, 0.25) is 0 Å². The molecule has 1 fully saturated rings. The van der Waals surface area contributed by atoms with E-state index in [2.05, 4.69) is 37.7 Å². The third kappa shape index (κ3) is 2.45. The Labute approximate surface area is 104 Å². The van der Waals surface area contributed by atoms with E-state index in [9.17, 15) is 0 Å². The maximum atomic E-state index is 5.62. The van der Waals surface area contributed by atoms with E-state index in [4.69, 9.17) is 5.73 Å². The van der Waals surface area contributed by atoms with Gasteiger partial charge < -0.3 is 10.6 Å². The maximum absolute atomic E-state index is 5.62. The molecule has 5 heteroatoms. The second-order valence-corrected chi connectivity index (χ2v) is 5.09. The van der Waals surface area contributed by atoms with Crippen molar-refractivity contribution in [1.29, 1.82) is 0 Å². The van der Waals surface area contributed by atoms with Gasteiger partial charge in [0, 0.05) is 19.3 Å². The SMILES string of the molecule is CCC1CCN(c2nc(N)ncc2Br)CC1. The molecule has 0 aliphatic carbocycles. The molecule has 1 aliphatic heterocycles. The molecule has 2 heterocycles. The molecule has 1 saturated heterocycles. The molecule has 16 heavy (non-hydrogen) atoms. The molecule has 0 radical (unpaired) electrons. The van der Waals surface area contributed by atoms with E-state index in [1.165, 1.54) is 19.3 Å². The zero-order valence-corrected chi connectivity index (χ0v) is 11.1. The van der Waals surface area contributed by atoms with Crippen molar-refractivity contribution in [3.63, 3.8) is 0 Å². The quantitative estimate of drug-likeness (QED) is 0.906. The molecule has 4 nitrogen and oxygen atoms in total. The summed E-state index contributed by atoms with van der Waals surface area (Å²) in [4.78, 5) is 10.5. The molecule has 1 aliphatic rings. The van der Waals surface area contributed by atoms with Crippen LogP contribution in [0.1, 0.15) is 26.2 Å². The first kappa shape index (κ1) is 11.6. The Hall–Kier alpha value is -0.840. The average molecular weight is 285 g/mol. The van der Waals surface area contributed by atoms with Gasteiger partial charge in [-0.1, -0.05) is 13.3 Å². The summed E-state index contributed by atoms with van der Waals surface area (Å²) in [6.45, 7) is 4.39. The minimum absolute atomic E-state index is 0.343. The van der Waals surface area contributed by atoms with Crippen molar-refractivity contribution in [1.82, 2.24) is 9.97 Å². The zero-order chi connectivity index (χ0) is 11.5. The standard InChI is InChI=1S/C11H17BrN4/c1-2-8-3-5-16(6-4-8)10-9(12)7-14-11(13)15-10/h7-8H,2-6H2,1H3,(H2,13,14,15). The van der Waals surface area contributed by atoms with Gasteiger partial charge in [-0.2, -0.15) is 4.98 Å². The van der Waals surface area contributed by atoms with Crippen LogP contribution >= 0.6 is 15.9 Å². The number of aromatic nitrogens is 2. The molecule has 0 unspecified atom stereocenters. The molecule has 2 rings (SSSR count). The molecular formula is C11H17BrN4. The monoisotopic (exact) mass is 284 g/mol. The van der Waals surface area contributed by atoms with Crippen LogP contribution in [0.25, 0.3) is 0 Å². The lowest BCUT2D eigenvalue weighted by atomic mass is 9.94. The number of nitrogen functional groups attached to an aromatic ring is 1. The van der Waals surface area contributed by atoms with Gasteiger partial charge in [0.1, 0.15) is 5.82 Å². The van der Waals surface area contributed by atoms with Crippen molar-refractivity contribution in [3.8, 4) is 0 Å². The first-order valence-corrected chi connectivity index (χ1v) is 6.53. The molecule has 2 N–H and O–H groups in total. The van der Waals surface area contributed by atoms with Crippen LogP contribution in [0.3, 0.4) is 0 Å². The van der Waals surface area contributed by atoms with E-state index in [0.717, 1.165) is 29.3 Å². The van der Waals surface area contributed by atoms with Crippen LogP contribution < -0.4 is 10.6 Å². The van der Waals surface area contributed by atoms with Gasteiger partial charge >= 0.3 is 0 Å². The number of hydrogen-bond acceptors (Lipinski definition) is 4. The fourth-order valence-corrected chi connectivity index (χ4v) is 2.59. The van der Waals surface area contributed by atoms with Crippen LogP contribution in [0.15, 0.2) is 10.7 Å². The second-order valence-electron chi connectivity index (χ2n) is 4.24. The Bertz CT molecular complexity index is 361. The summed E-state index contributed by atoms with van der Waals surface area (Å²) in [7, 11) is 0. The maximum Gasteiger partial charge on any atom is 0.222 e. The Morgan fingerprint density at radius 1 is 1.50 bits per heavy atom. The molecule has 0 bridgehead atoms. The van der Waals surface area contributed by atoms with Gasteiger partial charge in [0.05, 0.1) is 4.47 Å². The summed E-state index contributed by atoms with van der Waals surface area (Å²) in [5, 5.41) is 0. The highest BCUT2D eigenvalue weighted by molar-refractivity contribution is 9.10. The first-order valence-electron chi connectivity index (χ1n) is 5.73. The normalized spacial score (nSPS) is 17.8. The predicted molar refractivity (Wildman–Crippen MR) is 69.4 cm³/mol. The molecular weight excluding hydrogens is 268 g/mol. The van der Waals surface area contributed by atoms with Gasteiger partial charge in [-0.25, -0.2) is 4.98 Å². The molecule has 0 amide bonds. The fraction of sp³-hybridized carbons (Fsp3) is 0.636. The molecule has 0 atom stereocenters. The zero-order valence-electron chi connectivity index (χ0n) is 9.49. The molecule has 1 aromatic rings. The van der Waals surface area contributed by atoms with E-state index in [0.29, 0.717) is 5.95 Å². The lowest BCUT2D eigenvalue weighted by Crippen LogP contribution is -2.34. The minimum atomic E-state index is 0.343. The second kappa shape index (κ2) is 4.99. The van der Waals surface area contributed by atoms with Crippen LogP contribution in [0, 0.1) is 5.92 Å². The Kier molecular flexibility index (Phi) is 3.63.